The van der Waals surface area contributed by atoms with Crippen molar-refractivity contribution in [3.05, 3.63) is 30.2 Å². The third-order valence-electron chi connectivity index (χ3n) is 5.81. The van der Waals surface area contributed by atoms with Crippen LogP contribution < -0.4 is 10.9 Å². The number of carbonyl (C=O) groups is 1. The van der Waals surface area contributed by atoms with E-state index < -0.39 is 0 Å². The Morgan fingerprint density at radius 2 is 2.08 bits per heavy atom. The number of hydrogen-bond acceptors (Lipinski definition) is 5. The fourth-order valence-electron chi connectivity index (χ4n) is 4.21. The average molecular weight is 340 g/mol. The van der Waals surface area contributed by atoms with E-state index in [-0.39, 0.29) is 17.9 Å². The second-order valence-corrected chi connectivity index (χ2v) is 7.66. The number of hydrazine groups is 1. The van der Waals surface area contributed by atoms with Crippen molar-refractivity contribution in [3.8, 4) is 0 Å². The Kier molecular flexibility index (Phi) is 3.75. The highest BCUT2D eigenvalue weighted by atomic mass is 16.3. The van der Waals surface area contributed by atoms with E-state index in [1.54, 1.807) is 0 Å². The molecule has 2 aliphatic heterocycles. The van der Waals surface area contributed by atoms with E-state index in [9.17, 15) is 4.79 Å². The standard InChI is InChI=1S/C19H24N4O2/c24-19(16-10-15(21-22-16)12-7-8-12)23-9-3-4-13(11-23)18-20-14-5-1-2-6-17(14)25-18/h1-2,5-6,12-13,15-16,21-22H,3-4,7-11H2. The Balaban J connectivity index is 1.28. The van der Waals surface area contributed by atoms with Crippen molar-refractivity contribution in [1.82, 2.24) is 20.7 Å². The maximum Gasteiger partial charge on any atom is 0.241 e. The summed E-state index contributed by atoms with van der Waals surface area (Å²) >= 11 is 0. The third kappa shape index (κ3) is 2.93. The van der Waals surface area contributed by atoms with Gasteiger partial charge in [0.2, 0.25) is 5.91 Å². The van der Waals surface area contributed by atoms with Gasteiger partial charge in [0.15, 0.2) is 11.5 Å². The Hall–Kier alpha value is -1.92. The lowest BCUT2D eigenvalue weighted by molar-refractivity contribution is -0.134. The number of rotatable bonds is 3. The maximum atomic E-state index is 12.9. The van der Waals surface area contributed by atoms with Gasteiger partial charge in [-0.1, -0.05) is 12.1 Å². The van der Waals surface area contributed by atoms with E-state index in [1.165, 1.54) is 12.8 Å². The zero-order valence-electron chi connectivity index (χ0n) is 14.3. The number of oxazole rings is 1. The normalized spacial score (nSPS) is 30.1. The molecule has 2 N–H and O–H groups in total. The van der Waals surface area contributed by atoms with Crippen LogP contribution in [0.4, 0.5) is 0 Å². The molecule has 0 radical (unpaired) electrons. The predicted molar refractivity (Wildman–Crippen MR) is 93.8 cm³/mol. The smallest absolute Gasteiger partial charge is 0.241 e. The molecule has 3 aliphatic rings. The molecule has 6 nitrogen and oxygen atoms in total. The van der Waals surface area contributed by atoms with Gasteiger partial charge in [-0.05, 0) is 50.2 Å². The summed E-state index contributed by atoms with van der Waals surface area (Å²) in [6.07, 6.45) is 5.53. The second kappa shape index (κ2) is 6.11. The van der Waals surface area contributed by atoms with Crippen LogP contribution in [0.5, 0.6) is 0 Å². The molecule has 6 heteroatoms. The van der Waals surface area contributed by atoms with Crippen LogP contribution >= 0.6 is 0 Å². The van der Waals surface area contributed by atoms with Crippen LogP contribution in [0.1, 0.15) is 43.9 Å². The van der Waals surface area contributed by atoms with Gasteiger partial charge in [0.1, 0.15) is 11.6 Å². The Morgan fingerprint density at radius 1 is 1.20 bits per heavy atom. The van der Waals surface area contributed by atoms with Crippen LogP contribution in [0.25, 0.3) is 11.1 Å². The van der Waals surface area contributed by atoms with E-state index in [2.05, 4.69) is 15.8 Å². The van der Waals surface area contributed by atoms with Gasteiger partial charge in [-0.3, -0.25) is 10.2 Å². The van der Waals surface area contributed by atoms with Crippen LogP contribution in [-0.4, -0.2) is 41.0 Å². The predicted octanol–water partition coefficient (Wildman–Crippen LogP) is 2.18. The summed E-state index contributed by atoms with van der Waals surface area (Å²) in [6.45, 7) is 1.54. The number of likely N-dealkylation sites (tertiary alicyclic amines) is 1. The maximum absolute atomic E-state index is 12.9. The molecule has 3 unspecified atom stereocenters. The molecule has 0 spiro atoms. The minimum Gasteiger partial charge on any atom is -0.440 e. The molecule has 25 heavy (non-hydrogen) atoms. The Bertz CT molecular complexity index is 752. The van der Waals surface area contributed by atoms with Gasteiger partial charge in [0, 0.05) is 19.1 Å². The van der Waals surface area contributed by atoms with Gasteiger partial charge >= 0.3 is 0 Å². The number of para-hydroxylation sites is 2. The van der Waals surface area contributed by atoms with Crippen molar-refractivity contribution >= 4 is 17.0 Å². The summed E-state index contributed by atoms with van der Waals surface area (Å²) in [5, 5.41) is 0. The molecule has 132 valence electrons. The van der Waals surface area contributed by atoms with Crippen molar-refractivity contribution in [2.24, 2.45) is 5.92 Å². The number of piperidine rings is 1. The van der Waals surface area contributed by atoms with Crippen molar-refractivity contribution in [2.75, 3.05) is 13.1 Å². The lowest BCUT2D eigenvalue weighted by atomic mass is 9.96. The summed E-state index contributed by atoms with van der Waals surface area (Å²) in [5.41, 5.74) is 8.27. The first kappa shape index (κ1) is 15.3. The van der Waals surface area contributed by atoms with Crippen LogP contribution in [0.15, 0.2) is 28.7 Å². The molecule has 2 aromatic rings. The fraction of sp³-hybridized carbons (Fsp3) is 0.579. The van der Waals surface area contributed by atoms with Gasteiger partial charge < -0.3 is 9.32 Å². The van der Waals surface area contributed by atoms with E-state index >= 15 is 0 Å². The van der Waals surface area contributed by atoms with Crippen LogP contribution in [0.3, 0.4) is 0 Å². The average Bonchev–Trinajstić information content (AvgIpc) is 3.22. The molecular formula is C19H24N4O2. The van der Waals surface area contributed by atoms with Gasteiger partial charge in [-0.25, -0.2) is 10.4 Å². The minimum atomic E-state index is -0.0898. The quantitative estimate of drug-likeness (QED) is 0.896. The van der Waals surface area contributed by atoms with Crippen LogP contribution in [0.2, 0.25) is 0 Å². The summed E-state index contributed by atoms with van der Waals surface area (Å²) in [4.78, 5) is 19.5. The first-order valence-electron chi connectivity index (χ1n) is 9.43. The third-order valence-corrected chi connectivity index (χ3v) is 5.81. The monoisotopic (exact) mass is 340 g/mol. The molecule has 3 fully saturated rings. The molecular weight excluding hydrogens is 316 g/mol. The van der Waals surface area contributed by atoms with E-state index in [4.69, 9.17) is 4.42 Å². The Labute approximate surface area is 146 Å². The molecule has 5 rings (SSSR count). The van der Waals surface area contributed by atoms with Gasteiger partial charge in [0.25, 0.3) is 0 Å². The van der Waals surface area contributed by atoms with E-state index in [1.807, 2.05) is 29.2 Å². The number of aromatic nitrogens is 1. The van der Waals surface area contributed by atoms with Gasteiger partial charge in [-0.15, -0.1) is 0 Å². The van der Waals surface area contributed by atoms with Crippen molar-refractivity contribution in [1.29, 1.82) is 0 Å². The lowest BCUT2D eigenvalue weighted by Gasteiger charge is -2.32. The molecule has 2 saturated heterocycles. The number of amides is 1. The summed E-state index contributed by atoms with van der Waals surface area (Å²) in [7, 11) is 0. The van der Waals surface area contributed by atoms with E-state index in [0.29, 0.717) is 12.6 Å². The van der Waals surface area contributed by atoms with E-state index in [0.717, 1.165) is 48.7 Å². The fourth-order valence-corrected chi connectivity index (χ4v) is 4.21. The largest absolute Gasteiger partial charge is 0.440 e. The van der Waals surface area contributed by atoms with Crippen molar-refractivity contribution in [2.45, 2.75) is 50.1 Å². The minimum absolute atomic E-state index is 0.0898. The summed E-state index contributed by atoms with van der Waals surface area (Å²) in [6, 6.07) is 8.23. The molecule has 1 saturated carbocycles. The van der Waals surface area contributed by atoms with Gasteiger partial charge in [0.05, 0.1) is 5.92 Å². The lowest BCUT2D eigenvalue weighted by Crippen LogP contribution is -2.48. The summed E-state index contributed by atoms with van der Waals surface area (Å²) < 4.78 is 5.94. The summed E-state index contributed by atoms with van der Waals surface area (Å²) in [5.74, 6) is 1.95. The number of fused-ring (bicyclic) bond motifs is 1. The molecule has 1 aromatic heterocycles. The van der Waals surface area contributed by atoms with Gasteiger partial charge in [-0.2, -0.15) is 0 Å². The number of nitrogens with zero attached hydrogens (tertiary/aromatic N) is 2. The molecule has 1 aliphatic carbocycles. The SMILES string of the molecule is O=C(C1CC(C2CC2)NN1)N1CCCC(c2nc3ccccc3o2)C1. The number of benzene rings is 1. The first-order valence-corrected chi connectivity index (χ1v) is 9.43. The Morgan fingerprint density at radius 3 is 2.92 bits per heavy atom. The van der Waals surface area contributed by atoms with Crippen LogP contribution in [0, 0.1) is 5.92 Å². The molecule has 3 heterocycles. The highest BCUT2D eigenvalue weighted by Gasteiger charge is 2.40. The van der Waals surface area contributed by atoms with Crippen LogP contribution in [-0.2, 0) is 4.79 Å². The number of nitrogens with one attached hydrogen (secondary N) is 2. The number of hydrogen-bond donors (Lipinski definition) is 2. The molecule has 1 aromatic carbocycles. The number of carbonyl (C=O) groups excluding carboxylic acids is 1. The molecule has 0 bridgehead atoms. The zero-order chi connectivity index (χ0) is 16.8. The second-order valence-electron chi connectivity index (χ2n) is 7.66. The van der Waals surface area contributed by atoms with Crippen molar-refractivity contribution in [3.63, 3.8) is 0 Å². The first-order chi connectivity index (χ1) is 12.3. The highest BCUT2D eigenvalue weighted by molar-refractivity contribution is 5.82. The zero-order valence-corrected chi connectivity index (χ0v) is 14.3. The van der Waals surface area contributed by atoms with Crippen molar-refractivity contribution < 1.29 is 9.21 Å². The molecule has 1 amide bonds. The highest BCUT2D eigenvalue weighted by Crippen LogP contribution is 2.36. The topological polar surface area (TPSA) is 70.4 Å². The molecule has 3 atom stereocenters.